The molecule has 0 fully saturated rings. The molecule has 0 amide bonds. The van der Waals surface area contributed by atoms with E-state index in [2.05, 4.69) is 15.3 Å². The van der Waals surface area contributed by atoms with Crippen LogP contribution in [0.15, 0.2) is 18.5 Å². The predicted molar refractivity (Wildman–Crippen MR) is 52.9 cm³/mol. The van der Waals surface area contributed by atoms with Crippen molar-refractivity contribution >= 4 is 5.97 Å². The Balaban J connectivity index is 2.94. The van der Waals surface area contributed by atoms with Crippen LogP contribution in [0.4, 0.5) is 13.2 Å². The molecule has 0 spiro atoms. The van der Waals surface area contributed by atoms with Gasteiger partial charge in [-0.05, 0) is 19.9 Å². The fraction of sp³-hybridized carbons (Fsp3) is 0.400. The lowest BCUT2D eigenvalue weighted by atomic mass is 10.1. The van der Waals surface area contributed by atoms with E-state index in [1.165, 1.54) is 0 Å². The number of nitrogens with zero attached hydrogens (tertiary/aromatic N) is 1. The molecule has 4 nitrogen and oxygen atoms in total. The van der Waals surface area contributed by atoms with Crippen LogP contribution in [0.3, 0.4) is 0 Å². The molecule has 0 saturated carbocycles. The molecule has 0 aliphatic rings. The van der Waals surface area contributed by atoms with Gasteiger partial charge in [0.15, 0.2) is 0 Å². The zero-order chi connectivity index (χ0) is 13.1. The van der Waals surface area contributed by atoms with E-state index in [1.54, 1.807) is 13.8 Å². The summed E-state index contributed by atoms with van der Waals surface area (Å²) in [7, 11) is 0. The lowest BCUT2D eigenvalue weighted by Gasteiger charge is -2.12. The zero-order valence-electron chi connectivity index (χ0n) is 9.21. The van der Waals surface area contributed by atoms with Crippen LogP contribution in [0.5, 0.6) is 0 Å². The smallest absolute Gasteiger partial charge is 0.366 e. The Morgan fingerprint density at radius 2 is 2.12 bits per heavy atom. The summed E-state index contributed by atoms with van der Waals surface area (Å²) in [6, 6.07) is 0.538. The van der Waals surface area contributed by atoms with Gasteiger partial charge < -0.3 is 4.84 Å². The summed E-state index contributed by atoms with van der Waals surface area (Å²) in [5.74, 6) is -1.11. The number of alkyl halides is 3. The molecule has 0 unspecified atom stereocenters. The third-order valence-corrected chi connectivity index (χ3v) is 1.73. The van der Waals surface area contributed by atoms with Crippen molar-refractivity contribution in [2.24, 2.45) is 0 Å². The van der Waals surface area contributed by atoms with Gasteiger partial charge >= 0.3 is 12.1 Å². The maximum Gasteiger partial charge on any atom is 0.417 e. The molecule has 0 saturated heterocycles. The Kier molecular flexibility index (Phi) is 4.06. The van der Waals surface area contributed by atoms with Gasteiger partial charge in [-0.1, -0.05) is 0 Å². The Labute approximate surface area is 95.8 Å². The van der Waals surface area contributed by atoms with Crippen molar-refractivity contribution in [3.05, 3.63) is 29.6 Å². The SMILES string of the molecule is CC(C)NOC(=O)c1cnccc1C(F)(F)F. The number of hydrogen-bond donors (Lipinski definition) is 1. The maximum atomic E-state index is 12.6. The number of pyridine rings is 1. The molecule has 0 bridgehead atoms. The van der Waals surface area contributed by atoms with Crippen LogP contribution < -0.4 is 5.48 Å². The van der Waals surface area contributed by atoms with Gasteiger partial charge in [0.05, 0.1) is 11.1 Å². The number of aromatic nitrogens is 1. The Morgan fingerprint density at radius 1 is 1.47 bits per heavy atom. The highest BCUT2D eigenvalue weighted by molar-refractivity contribution is 5.90. The first-order chi connectivity index (χ1) is 7.82. The largest absolute Gasteiger partial charge is 0.417 e. The minimum absolute atomic E-state index is 0.190. The number of nitrogens with one attached hydrogen (secondary N) is 1. The third kappa shape index (κ3) is 3.70. The van der Waals surface area contributed by atoms with Crippen molar-refractivity contribution < 1.29 is 22.8 Å². The Hall–Kier alpha value is -1.63. The molecular weight excluding hydrogens is 237 g/mol. The topological polar surface area (TPSA) is 51.2 Å². The zero-order valence-corrected chi connectivity index (χ0v) is 9.21. The molecule has 1 rings (SSSR count). The molecule has 0 atom stereocenters. The Morgan fingerprint density at radius 3 is 2.65 bits per heavy atom. The molecule has 0 aliphatic carbocycles. The normalized spacial score (nSPS) is 11.6. The first-order valence-corrected chi connectivity index (χ1v) is 4.80. The minimum atomic E-state index is -4.62. The molecule has 1 aromatic heterocycles. The first-order valence-electron chi connectivity index (χ1n) is 4.80. The molecule has 17 heavy (non-hydrogen) atoms. The van der Waals surface area contributed by atoms with Crippen LogP contribution >= 0.6 is 0 Å². The van der Waals surface area contributed by atoms with E-state index in [0.717, 1.165) is 18.5 Å². The standard InChI is InChI=1S/C10H11F3N2O2/c1-6(2)15-17-9(16)7-5-14-4-3-8(7)10(11,12)13/h3-6,15H,1-2H3. The maximum absolute atomic E-state index is 12.6. The number of carbonyl (C=O) groups excluding carboxylic acids is 1. The second-order valence-corrected chi connectivity index (χ2v) is 3.58. The lowest BCUT2D eigenvalue weighted by Crippen LogP contribution is -2.28. The summed E-state index contributed by atoms with van der Waals surface area (Å²) in [6.07, 6.45) is -2.82. The van der Waals surface area contributed by atoms with Gasteiger partial charge in [-0.15, -0.1) is 0 Å². The fourth-order valence-corrected chi connectivity index (χ4v) is 1.03. The molecule has 1 N–H and O–H groups in total. The van der Waals surface area contributed by atoms with Gasteiger partial charge in [-0.3, -0.25) is 4.98 Å². The average molecular weight is 248 g/mol. The highest BCUT2D eigenvalue weighted by Gasteiger charge is 2.35. The first kappa shape index (κ1) is 13.4. The highest BCUT2D eigenvalue weighted by Crippen LogP contribution is 2.31. The summed E-state index contributed by atoms with van der Waals surface area (Å²) in [6.45, 7) is 3.36. The van der Waals surface area contributed by atoms with Crippen LogP contribution in [0, 0.1) is 0 Å². The minimum Gasteiger partial charge on any atom is -0.366 e. The van der Waals surface area contributed by atoms with Crippen LogP contribution in [-0.2, 0) is 11.0 Å². The van der Waals surface area contributed by atoms with Crippen LogP contribution in [0.25, 0.3) is 0 Å². The third-order valence-electron chi connectivity index (χ3n) is 1.73. The molecule has 1 heterocycles. The molecule has 0 aromatic carbocycles. The molecule has 1 aromatic rings. The van der Waals surface area contributed by atoms with Crippen molar-refractivity contribution in [2.45, 2.75) is 26.1 Å². The van der Waals surface area contributed by atoms with Gasteiger partial charge in [-0.25, -0.2) is 4.79 Å². The van der Waals surface area contributed by atoms with Gasteiger partial charge in [0.25, 0.3) is 0 Å². The van der Waals surface area contributed by atoms with Gasteiger partial charge in [0.2, 0.25) is 0 Å². The number of carbonyl (C=O) groups is 1. The van der Waals surface area contributed by atoms with E-state index >= 15 is 0 Å². The summed E-state index contributed by atoms with van der Waals surface area (Å²) >= 11 is 0. The summed E-state index contributed by atoms with van der Waals surface area (Å²) in [5.41, 5.74) is 0.594. The second kappa shape index (κ2) is 5.13. The van der Waals surface area contributed by atoms with Crippen molar-refractivity contribution in [3.63, 3.8) is 0 Å². The van der Waals surface area contributed by atoms with Crippen LogP contribution in [0.1, 0.15) is 29.8 Å². The van der Waals surface area contributed by atoms with Crippen LogP contribution in [-0.4, -0.2) is 17.0 Å². The number of hydrogen-bond acceptors (Lipinski definition) is 4. The van der Waals surface area contributed by atoms with Gasteiger partial charge in [0.1, 0.15) is 0 Å². The van der Waals surface area contributed by atoms with Crippen molar-refractivity contribution in [1.29, 1.82) is 0 Å². The quantitative estimate of drug-likeness (QED) is 0.833. The monoisotopic (exact) mass is 248 g/mol. The van der Waals surface area contributed by atoms with E-state index in [-0.39, 0.29) is 6.04 Å². The molecule has 94 valence electrons. The summed E-state index contributed by atoms with van der Waals surface area (Å²) in [5, 5.41) is 0. The number of halogens is 3. The van der Waals surface area contributed by atoms with Gasteiger partial charge in [-0.2, -0.15) is 18.7 Å². The van der Waals surface area contributed by atoms with Crippen molar-refractivity contribution in [1.82, 2.24) is 10.5 Å². The number of rotatable bonds is 3. The van der Waals surface area contributed by atoms with E-state index in [9.17, 15) is 18.0 Å². The van der Waals surface area contributed by atoms with E-state index in [1.807, 2.05) is 0 Å². The van der Waals surface area contributed by atoms with Crippen LogP contribution in [0.2, 0.25) is 0 Å². The molecule has 7 heteroatoms. The van der Waals surface area contributed by atoms with E-state index < -0.39 is 23.3 Å². The van der Waals surface area contributed by atoms with Gasteiger partial charge in [0, 0.05) is 18.4 Å². The Bertz CT molecular complexity index is 405. The fourth-order valence-electron chi connectivity index (χ4n) is 1.03. The summed E-state index contributed by atoms with van der Waals surface area (Å²) in [4.78, 5) is 19.4. The molecule has 0 radical (unpaired) electrons. The lowest BCUT2D eigenvalue weighted by molar-refractivity contribution is -0.138. The van der Waals surface area contributed by atoms with Crippen molar-refractivity contribution in [3.8, 4) is 0 Å². The second-order valence-electron chi connectivity index (χ2n) is 3.58. The predicted octanol–water partition coefficient (Wildman–Crippen LogP) is 2.17. The molecular formula is C10H11F3N2O2. The summed E-state index contributed by atoms with van der Waals surface area (Å²) < 4.78 is 37.7. The van der Waals surface area contributed by atoms with Crippen molar-refractivity contribution in [2.75, 3.05) is 0 Å². The number of hydroxylamine groups is 1. The van der Waals surface area contributed by atoms with E-state index in [0.29, 0.717) is 0 Å². The average Bonchev–Trinajstić information content (AvgIpc) is 2.24. The molecule has 0 aliphatic heterocycles. The van der Waals surface area contributed by atoms with E-state index in [4.69, 9.17) is 0 Å². The highest BCUT2D eigenvalue weighted by atomic mass is 19.4.